The summed E-state index contributed by atoms with van der Waals surface area (Å²) in [6.45, 7) is 2.90. The lowest BCUT2D eigenvalue weighted by Crippen LogP contribution is -2.32. The number of benzene rings is 2. The van der Waals surface area contributed by atoms with Crippen molar-refractivity contribution in [3.63, 3.8) is 0 Å². The molecule has 0 aliphatic carbocycles. The van der Waals surface area contributed by atoms with Crippen molar-refractivity contribution in [3.8, 4) is 17.8 Å². The summed E-state index contributed by atoms with van der Waals surface area (Å²) in [6, 6.07) is 20.2. The fourth-order valence-electron chi connectivity index (χ4n) is 3.75. The van der Waals surface area contributed by atoms with Gasteiger partial charge in [0, 0.05) is 23.0 Å². The van der Waals surface area contributed by atoms with Gasteiger partial charge in [-0.25, -0.2) is 4.79 Å². The Morgan fingerprint density at radius 3 is 2.55 bits per heavy atom. The third-order valence-electron chi connectivity index (χ3n) is 5.54. The van der Waals surface area contributed by atoms with E-state index in [2.05, 4.69) is 17.2 Å². The van der Waals surface area contributed by atoms with Crippen LogP contribution in [0.4, 0.5) is 0 Å². The molecule has 1 fully saturated rings. The summed E-state index contributed by atoms with van der Waals surface area (Å²) in [4.78, 5) is 14.5. The summed E-state index contributed by atoms with van der Waals surface area (Å²) in [5.74, 6) is 0.501. The minimum Gasteiger partial charge on any atom is -0.381 e. The number of hydrogen-bond donors (Lipinski definition) is 0. The first-order chi connectivity index (χ1) is 15.1. The molecule has 0 radical (unpaired) electrons. The minimum atomic E-state index is -0.486. The maximum Gasteiger partial charge on any atom is 0.351 e. The summed E-state index contributed by atoms with van der Waals surface area (Å²) in [7, 11) is 0. The molecule has 156 valence electrons. The number of nitrogens with zero attached hydrogens (tertiary/aromatic N) is 5. The van der Waals surface area contributed by atoms with E-state index in [1.165, 1.54) is 9.25 Å². The average Bonchev–Trinajstić information content (AvgIpc) is 3.09. The van der Waals surface area contributed by atoms with Gasteiger partial charge in [-0.3, -0.25) is 4.57 Å². The smallest absolute Gasteiger partial charge is 0.351 e. The van der Waals surface area contributed by atoms with Gasteiger partial charge >= 0.3 is 5.69 Å². The summed E-state index contributed by atoms with van der Waals surface area (Å²) >= 11 is 1.60. The van der Waals surface area contributed by atoms with Crippen LogP contribution in [0.1, 0.15) is 24.2 Å². The fraction of sp³-hybridized carbons (Fsp3) is 0.304. The van der Waals surface area contributed by atoms with Gasteiger partial charge in [0.2, 0.25) is 0 Å². The molecule has 4 rings (SSSR count). The van der Waals surface area contributed by atoms with Gasteiger partial charge in [0.25, 0.3) is 0 Å². The van der Waals surface area contributed by atoms with Gasteiger partial charge in [0.15, 0.2) is 0 Å². The molecule has 7 nitrogen and oxygen atoms in total. The van der Waals surface area contributed by atoms with Crippen molar-refractivity contribution in [2.75, 3.05) is 13.2 Å². The van der Waals surface area contributed by atoms with Crippen LogP contribution in [-0.2, 0) is 16.7 Å². The molecule has 1 aliphatic rings. The zero-order valence-corrected chi connectivity index (χ0v) is 17.9. The Hall–Kier alpha value is -3.33. The molecule has 0 amide bonds. The molecule has 8 heteroatoms. The molecular weight excluding hydrogens is 410 g/mol. The Balaban J connectivity index is 1.56. The molecule has 0 N–H and O–H groups in total. The van der Waals surface area contributed by atoms with Crippen LogP contribution in [0.25, 0.3) is 5.69 Å². The van der Waals surface area contributed by atoms with Crippen LogP contribution in [0.15, 0.2) is 63.1 Å². The van der Waals surface area contributed by atoms with Crippen LogP contribution < -0.4 is 5.69 Å². The first-order valence-corrected chi connectivity index (χ1v) is 10.8. The molecule has 1 aromatic heterocycles. The lowest BCUT2D eigenvalue weighted by Gasteiger charge is -2.31. The van der Waals surface area contributed by atoms with E-state index in [0.717, 1.165) is 15.4 Å². The average molecular weight is 432 g/mol. The second-order valence-electron chi connectivity index (χ2n) is 7.42. The normalized spacial score (nSPS) is 15.2. The molecule has 0 spiro atoms. The summed E-state index contributed by atoms with van der Waals surface area (Å²) in [5, 5.41) is 23.0. The SMILES string of the molecule is Cc1nn(-c2ccc(Sc3cccc(C4(C#N)CCOCC4)c3)cc2)c(=O)n1CC#N. The Labute approximate surface area is 184 Å². The van der Waals surface area contributed by atoms with E-state index >= 15 is 0 Å². The van der Waals surface area contributed by atoms with E-state index in [4.69, 9.17) is 10.00 Å². The summed E-state index contributed by atoms with van der Waals surface area (Å²) in [5.41, 5.74) is 0.865. The second-order valence-corrected chi connectivity index (χ2v) is 8.56. The first-order valence-electron chi connectivity index (χ1n) is 9.97. The highest BCUT2D eigenvalue weighted by atomic mass is 32.2. The third-order valence-corrected chi connectivity index (χ3v) is 6.54. The van der Waals surface area contributed by atoms with Crippen molar-refractivity contribution in [3.05, 3.63) is 70.4 Å². The van der Waals surface area contributed by atoms with E-state index in [1.54, 1.807) is 18.7 Å². The zero-order chi connectivity index (χ0) is 21.8. The monoisotopic (exact) mass is 431 g/mol. The highest BCUT2D eigenvalue weighted by Crippen LogP contribution is 2.37. The molecule has 2 heterocycles. The van der Waals surface area contributed by atoms with Gasteiger partial charge in [0.05, 0.1) is 23.2 Å². The van der Waals surface area contributed by atoms with Crippen LogP contribution in [0.2, 0.25) is 0 Å². The van der Waals surface area contributed by atoms with E-state index in [9.17, 15) is 10.1 Å². The maximum atomic E-state index is 12.5. The lowest BCUT2D eigenvalue weighted by molar-refractivity contribution is 0.0675. The van der Waals surface area contributed by atoms with E-state index < -0.39 is 5.41 Å². The number of nitriles is 2. The number of aromatic nitrogens is 3. The predicted octanol–water partition coefficient (Wildman–Crippen LogP) is 3.59. The van der Waals surface area contributed by atoms with Crippen molar-refractivity contribution in [1.82, 2.24) is 14.3 Å². The van der Waals surface area contributed by atoms with Gasteiger partial charge in [-0.15, -0.1) is 0 Å². The second kappa shape index (κ2) is 8.81. The Morgan fingerprint density at radius 2 is 1.87 bits per heavy atom. The van der Waals surface area contributed by atoms with Crippen LogP contribution >= 0.6 is 11.8 Å². The molecule has 2 aromatic carbocycles. The molecule has 0 saturated carbocycles. The van der Waals surface area contributed by atoms with Crippen LogP contribution in [0.5, 0.6) is 0 Å². The van der Waals surface area contributed by atoms with Gasteiger partial charge in [-0.1, -0.05) is 23.9 Å². The Bertz CT molecular complexity index is 1220. The fourth-order valence-corrected chi connectivity index (χ4v) is 4.63. The molecule has 31 heavy (non-hydrogen) atoms. The molecular formula is C23H21N5O2S. The van der Waals surface area contributed by atoms with Crippen molar-refractivity contribution in [2.24, 2.45) is 0 Å². The number of aryl methyl sites for hydroxylation is 1. The maximum absolute atomic E-state index is 12.5. The number of hydrogen-bond acceptors (Lipinski definition) is 6. The molecule has 0 unspecified atom stereocenters. The quantitative estimate of drug-likeness (QED) is 0.612. The molecule has 3 aromatic rings. The van der Waals surface area contributed by atoms with Crippen molar-refractivity contribution < 1.29 is 4.74 Å². The van der Waals surface area contributed by atoms with Crippen molar-refractivity contribution >= 4 is 11.8 Å². The topological polar surface area (TPSA) is 96.6 Å². The van der Waals surface area contributed by atoms with Gasteiger partial charge in [-0.05, 0) is 61.7 Å². The lowest BCUT2D eigenvalue weighted by atomic mass is 9.75. The molecule has 0 atom stereocenters. The highest BCUT2D eigenvalue weighted by Gasteiger charge is 2.34. The van der Waals surface area contributed by atoms with E-state index in [-0.39, 0.29) is 12.2 Å². The van der Waals surface area contributed by atoms with Crippen LogP contribution in [0, 0.1) is 29.6 Å². The van der Waals surface area contributed by atoms with Gasteiger partial charge in [0.1, 0.15) is 12.4 Å². The highest BCUT2D eigenvalue weighted by molar-refractivity contribution is 7.99. The van der Waals surface area contributed by atoms with E-state index in [1.807, 2.05) is 48.5 Å². The van der Waals surface area contributed by atoms with Gasteiger partial charge < -0.3 is 4.74 Å². The minimum absolute atomic E-state index is 0.0226. The number of ether oxygens (including phenoxy) is 1. The van der Waals surface area contributed by atoms with Crippen molar-refractivity contribution in [1.29, 1.82) is 10.5 Å². The zero-order valence-electron chi connectivity index (χ0n) is 17.1. The molecule has 1 saturated heterocycles. The standard InChI is InChI=1S/C23H21N5O2S/c1-17-26-28(22(29)27(17)12-11-24)19-5-7-20(8-6-19)31-21-4-2-3-18(15-21)23(16-25)9-13-30-14-10-23/h2-8,15H,9-10,12-14H2,1H3. The third kappa shape index (κ3) is 4.13. The van der Waals surface area contributed by atoms with Crippen molar-refractivity contribution in [2.45, 2.75) is 41.5 Å². The molecule has 1 aliphatic heterocycles. The Kier molecular flexibility index (Phi) is 5.94. The van der Waals surface area contributed by atoms with Crippen LogP contribution in [0.3, 0.4) is 0 Å². The van der Waals surface area contributed by atoms with Crippen LogP contribution in [-0.4, -0.2) is 27.6 Å². The van der Waals surface area contributed by atoms with Gasteiger partial charge in [-0.2, -0.15) is 20.3 Å². The first kappa shape index (κ1) is 20.9. The largest absolute Gasteiger partial charge is 0.381 e. The Morgan fingerprint density at radius 1 is 1.13 bits per heavy atom. The molecule has 0 bridgehead atoms. The summed E-state index contributed by atoms with van der Waals surface area (Å²) < 4.78 is 8.10. The number of rotatable bonds is 5. The predicted molar refractivity (Wildman–Crippen MR) is 116 cm³/mol. The van der Waals surface area contributed by atoms with E-state index in [0.29, 0.717) is 37.6 Å². The summed E-state index contributed by atoms with van der Waals surface area (Å²) in [6.07, 6.45) is 1.41.